The fraction of sp³-hybridized carbons (Fsp3) is 0.333. The maximum Gasteiger partial charge on any atom is 0.220 e. The summed E-state index contributed by atoms with van der Waals surface area (Å²) in [6, 6.07) is 0. The van der Waals surface area contributed by atoms with E-state index in [1.807, 2.05) is 6.08 Å². The van der Waals surface area contributed by atoms with Crippen molar-refractivity contribution >= 4 is 12.8 Å². The van der Waals surface area contributed by atoms with Crippen molar-refractivity contribution in [2.75, 3.05) is 0 Å². The van der Waals surface area contributed by atoms with E-state index in [1.165, 1.54) is 0 Å². The number of carbonyl (C=O) groups excluding carboxylic acids is 2. The molecule has 0 heterocycles. The van der Waals surface area contributed by atoms with Crippen LogP contribution >= 0.6 is 0 Å². The predicted octanol–water partition coefficient (Wildman–Crippen LogP) is 0.279. The van der Waals surface area contributed by atoms with E-state index in [-0.39, 0.29) is 0 Å². The Hall–Kier alpha value is -1.12. The number of nitrogens with zero attached hydrogens (tertiary/aromatic N) is 1. The number of carbonyl (C=O) groups is 2. The van der Waals surface area contributed by atoms with Gasteiger partial charge in [-0.3, -0.25) is 14.5 Å². The Kier molecular flexibility index (Phi) is 1.63. The second-order valence-electron chi connectivity index (χ2n) is 1.85. The molecule has 2 amide bonds. The topological polar surface area (TPSA) is 37.4 Å². The van der Waals surface area contributed by atoms with E-state index < -0.39 is 0 Å². The number of imide groups is 1. The molecule has 9 heavy (non-hydrogen) atoms. The van der Waals surface area contributed by atoms with E-state index in [4.69, 9.17) is 0 Å². The summed E-state index contributed by atoms with van der Waals surface area (Å²) < 4.78 is 0. The summed E-state index contributed by atoms with van der Waals surface area (Å²) >= 11 is 0. The maximum atomic E-state index is 10.0. The van der Waals surface area contributed by atoms with Crippen LogP contribution in [0.5, 0.6) is 0 Å². The minimum absolute atomic E-state index is 0.526. The molecule has 0 N–H and O–H groups in total. The van der Waals surface area contributed by atoms with Crippen molar-refractivity contribution in [2.24, 2.45) is 0 Å². The Bertz CT molecular complexity index is 154. The molecule has 0 fully saturated rings. The highest BCUT2D eigenvalue weighted by atomic mass is 16.2. The van der Waals surface area contributed by atoms with Crippen molar-refractivity contribution < 1.29 is 9.59 Å². The van der Waals surface area contributed by atoms with Crippen LogP contribution in [0.25, 0.3) is 0 Å². The Morgan fingerprint density at radius 1 is 1.44 bits per heavy atom. The molecule has 1 aliphatic rings. The Labute approximate surface area is 53.0 Å². The zero-order valence-corrected chi connectivity index (χ0v) is 4.91. The molecule has 0 atom stereocenters. The van der Waals surface area contributed by atoms with Crippen molar-refractivity contribution in [1.29, 1.82) is 0 Å². The lowest BCUT2D eigenvalue weighted by atomic mass is 10.1. The summed E-state index contributed by atoms with van der Waals surface area (Å²) in [5.41, 5.74) is 0.819. The molecule has 0 aromatic heterocycles. The Morgan fingerprint density at radius 2 is 2.00 bits per heavy atom. The van der Waals surface area contributed by atoms with Gasteiger partial charge in [-0.2, -0.15) is 0 Å². The molecule has 3 nitrogen and oxygen atoms in total. The van der Waals surface area contributed by atoms with Gasteiger partial charge in [-0.1, -0.05) is 6.08 Å². The molecule has 48 valence electrons. The van der Waals surface area contributed by atoms with E-state index in [0.29, 0.717) is 12.8 Å². The van der Waals surface area contributed by atoms with E-state index >= 15 is 0 Å². The molecule has 0 radical (unpaired) electrons. The van der Waals surface area contributed by atoms with Crippen LogP contribution in [-0.4, -0.2) is 17.7 Å². The summed E-state index contributed by atoms with van der Waals surface area (Å²) in [7, 11) is 0. The third-order valence-corrected chi connectivity index (χ3v) is 1.34. The van der Waals surface area contributed by atoms with Gasteiger partial charge in [0.15, 0.2) is 0 Å². The summed E-state index contributed by atoms with van der Waals surface area (Å²) in [4.78, 5) is 21.1. The fourth-order valence-corrected chi connectivity index (χ4v) is 0.668. The summed E-state index contributed by atoms with van der Waals surface area (Å²) in [5.74, 6) is 0. The Morgan fingerprint density at radius 3 is 2.11 bits per heavy atom. The van der Waals surface area contributed by atoms with Crippen LogP contribution < -0.4 is 0 Å². The van der Waals surface area contributed by atoms with Gasteiger partial charge in [0, 0.05) is 5.70 Å². The van der Waals surface area contributed by atoms with Crippen molar-refractivity contribution in [3.05, 3.63) is 11.8 Å². The molecule has 0 saturated heterocycles. The van der Waals surface area contributed by atoms with Gasteiger partial charge >= 0.3 is 0 Å². The highest BCUT2D eigenvalue weighted by Gasteiger charge is 2.11. The number of hydrogen-bond acceptors (Lipinski definition) is 2. The second kappa shape index (κ2) is 2.44. The van der Waals surface area contributed by atoms with Crippen molar-refractivity contribution in [1.82, 2.24) is 4.90 Å². The number of amides is 2. The van der Waals surface area contributed by atoms with E-state index in [0.717, 1.165) is 23.4 Å². The average Bonchev–Trinajstić information content (AvgIpc) is 1.78. The van der Waals surface area contributed by atoms with Gasteiger partial charge in [-0.05, 0) is 12.8 Å². The maximum absolute atomic E-state index is 10.0. The SMILES string of the molecule is O=CN(C=O)C1=CCC1. The molecule has 3 heteroatoms. The monoisotopic (exact) mass is 125 g/mol. The molecular formula is C6H7NO2. The molecule has 0 aromatic carbocycles. The second-order valence-corrected chi connectivity index (χ2v) is 1.85. The van der Waals surface area contributed by atoms with Crippen LogP contribution in [0.3, 0.4) is 0 Å². The largest absolute Gasteiger partial charge is 0.278 e. The normalized spacial score (nSPS) is 15.3. The van der Waals surface area contributed by atoms with Gasteiger partial charge < -0.3 is 0 Å². The molecule has 0 bridgehead atoms. The smallest absolute Gasteiger partial charge is 0.220 e. The Balaban J connectivity index is 2.56. The van der Waals surface area contributed by atoms with Gasteiger partial charge in [-0.15, -0.1) is 0 Å². The predicted molar refractivity (Wildman–Crippen MR) is 31.3 cm³/mol. The molecule has 0 saturated carbocycles. The lowest BCUT2D eigenvalue weighted by Crippen LogP contribution is -2.22. The van der Waals surface area contributed by atoms with Crippen molar-refractivity contribution in [3.8, 4) is 0 Å². The van der Waals surface area contributed by atoms with Crippen LogP contribution in [0.1, 0.15) is 12.8 Å². The standard InChI is InChI=1S/C6H7NO2/c8-4-7(5-9)6-2-1-3-6/h2,4-5H,1,3H2. The van der Waals surface area contributed by atoms with Gasteiger partial charge in [0.25, 0.3) is 0 Å². The molecule has 1 rings (SSSR count). The van der Waals surface area contributed by atoms with Gasteiger partial charge in [0.1, 0.15) is 0 Å². The summed E-state index contributed by atoms with van der Waals surface area (Å²) in [6.45, 7) is 0. The lowest BCUT2D eigenvalue weighted by molar-refractivity contribution is -0.127. The summed E-state index contributed by atoms with van der Waals surface area (Å²) in [6.07, 6.45) is 4.74. The number of hydrogen-bond donors (Lipinski definition) is 0. The highest BCUT2D eigenvalue weighted by Crippen LogP contribution is 2.19. The van der Waals surface area contributed by atoms with Gasteiger partial charge in [-0.25, -0.2) is 0 Å². The van der Waals surface area contributed by atoms with E-state index in [9.17, 15) is 9.59 Å². The first-order chi connectivity index (χ1) is 4.38. The summed E-state index contributed by atoms with van der Waals surface area (Å²) in [5, 5.41) is 0. The van der Waals surface area contributed by atoms with E-state index in [1.54, 1.807) is 0 Å². The first-order valence-corrected chi connectivity index (χ1v) is 2.76. The van der Waals surface area contributed by atoms with Crippen LogP contribution in [0, 0.1) is 0 Å². The molecule has 0 unspecified atom stereocenters. The number of rotatable bonds is 3. The zero-order chi connectivity index (χ0) is 6.69. The lowest BCUT2D eigenvalue weighted by Gasteiger charge is -2.19. The zero-order valence-electron chi connectivity index (χ0n) is 4.91. The molecular weight excluding hydrogens is 118 g/mol. The number of allylic oxidation sites excluding steroid dienone is 2. The third kappa shape index (κ3) is 0.988. The first-order valence-electron chi connectivity index (χ1n) is 2.76. The average molecular weight is 125 g/mol. The van der Waals surface area contributed by atoms with Gasteiger partial charge in [0.05, 0.1) is 0 Å². The van der Waals surface area contributed by atoms with Crippen LogP contribution in [0.2, 0.25) is 0 Å². The van der Waals surface area contributed by atoms with Crippen LogP contribution in [0.4, 0.5) is 0 Å². The van der Waals surface area contributed by atoms with E-state index in [2.05, 4.69) is 0 Å². The molecule has 0 aromatic rings. The minimum atomic E-state index is 0.526. The first kappa shape index (κ1) is 6.01. The van der Waals surface area contributed by atoms with Crippen LogP contribution in [0.15, 0.2) is 11.8 Å². The van der Waals surface area contributed by atoms with Crippen molar-refractivity contribution in [2.45, 2.75) is 12.8 Å². The quantitative estimate of drug-likeness (QED) is 0.508. The fourth-order valence-electron chi connectivity index (χ4n) is 0.668. The van der Waals surface area contributed by atoms with Gasteiger partial charge in [0.2, 0.25) is 12.8 Å². The minimum Gasteiger partial charge on any atom is -0.278 e. The van der Waals surface area contributed by atoms with Crippen LogP contribution in [-0.2, 0) is 9.59 Å². The third-order valence-electron chi connectivity index (χ3n) is 1.34. The highest BCUT2D eigenvalue weighted by molar-refractivity contribution is 5.72. The molecule has 0 aliphatic heterocycles. The molecule has 1 aliphatic carbocycles. The van der Waals surface area contributed by atoms with Crippen molar-refractivity contribution in [3.63, 3.8) is 0 Å². The molecule has 0 spiro atoms.